The number of aromatic amines is 2. The fourth-order valence-corrected chi connectivity index (χ4v) is 6.19. The molecule has 4 rings (SSSR count). The van der Waals surface area contributed by atoms with Gasteiger partial charge in [-0.1, -0.05) is 58.2 Å². The molecule has 0 saturated heterocycles. The maximum atomic E-state index is 12.6. The van der Waals surface area contributed by atoms with E-state index in [0.29, 0.717) is 11.6 Å². The molecule has 21 heteroatoms. The first-order chi connectivity index (χ1) is 20.0. The maximum absolute atomic E-state index is 12.6. The minimum absolute atomic E-state index is 0.107. The molecular weight excluding hydrogens is 716 g/mol. The molecule has 2 N–H and O–H groups in total. The van der Waals surface area contributed by atoms with E-state index in [1.165, 1.54) is 24.8 Å². The van der Waals surface area contributed by atoms with Crippen molar-refractivity contribution in [3.63, 3.8) is 0 Å². The van der Waals surface area contributed by atoms with Crippen molar-refractivity contribution in [1.29, 1.82) is 0 Å². The van der Waals surface area contributed by atoms with Gasteiger partial charge in [0.2, 0.25) is 0 Å². The van der Waals surface area contributed by atoms with Gasteiger partial charge in [-0.3, -0.25) is 28.7 Å². The third-order valence-electron chi connectivity index (χ3n) is 4.77. The van der Waals surface area contributed by atoms with E-state index in [-0.39, 0.29) is 48.4 Å². The van der Waals surface area contributed by atoms with E-state index in [9.17, 15) is 40.1 Å². The Morgan fingerprint density at radius 2 is 1.16 bits per heavy atom. The average Bonchev–Trinajstić information content (AvgIpc) is 2.89. The molecule has 4 aromatic heterocycles. The van der Waals surface area contributed by atoms with E-state index >= 15 is 0 Å². The average molecular weight is 728 g/mol. The molecular formula is C22H12Cl4F6N6O3S2. The first-order valence-corrected chi connectivity index (χ1v) is 14.7. The highest BCUT2D eigenvalue weighted by Gasteiger charge is 2.34. The second-order valence-corrected chi connectivity index (χ2v) is 11.8. The Balaban J connectivity index is 0.000000236. The number of nitrogens with zero attached hydrogens (tertiary/aromatic N) is 4. The molecule has 0 aliphatic heterocycles. The van der Waals surface area contributed by atoms with Crippen molar-refractivity contribution in [3.8, 4) is 0 Å². The lowest BCUT2D eigenvalue weighted by Crippen LogP contribution is -2.19. The highest BCUT2D eigenvalue weighted by atomic mass is 35.5. The molecule has 0 aliphatic carbocycles. The fourth-order valence-electron chi connectivity index (χ4n) is 2.83. The summed E-state index contributed by atoms with van der Waals surface area (Å²) < 4.78 is 87.6. The lowest BCUT2D eigenvalue weighted by Gasteiger charge is -2.08. The summed E-state index contributed by atoms with van der Waals surface area (Å²) in [5.74, 6) is -0.172. The molecule has 0 spiro atoms. The number of alkyl halides is 6. The highest BCUT2D eigenvalue weighted by Crippen LogP contribution is 2.32. The number of nitrogens with one attached hydrogen (secondary N) is 2. The van der Waals surface area contributed by atoms with Gasteiger partial charge in [-0.15, -0.1) is 0 Å². The second kappa shape index (κ2) is 14.4. The number of hydrogen-bond acceptors (Lipinski definition) is 8. The largest absolute Gasteiger partial charge is 0.433 e. The summed E-state index contributed by atoms with van der Waals surface area (Å²) in [7, 11) is -2.07. The predicted molar refractivity (Wildman–Crippen MR) is 148 cm³/mol. The zero-order valence-corrected chi connectivity index (χ0v) is 25.1. The van der Waals surface area contributed by atoms with Crippen LogP contribution in [0.2, 0.25) is 20.1 Å². The minimum Gasteiger partial charge on any atom is -0.301 e. The lowest BCUT2D eigenvalue weighted by molar-refractivity contribution is -0.142. The smallest absolute Gasteiger partial charge is 0.301 e. The van der Waals surface area contributed by atoms with Crippen LogP contribution in [0.3, 0.4) is 0 Å². The van der Waals surface area contributed by atoms with Gasteiger partial charge < -0.3 is 4.98 Å². The van der Waals surface area contributed by atoms with E-state index in [1.54, 1.807) is 0 Å². The molecule has 0 bridgehead atoms. The molecule has 1 atom stereocenters. The van der Waals surface area contributed by atoms with Crippen LogP contribution in [-0.2, 0) is 34.7 Å². The molecule has 1 unspecified atom stereocenters. The normalized spacial score (nSPS) is 12.4. The van der Waals surface area contributed by atoms with Crippen molar-refractivity contribution in [3.05, 3.63) is 100 Å². The summed E-state index contributed by atoms with van der Waals surface area (Å²) >= 11 is 24.4. The van der Waals surface area contributed by atoms with Crippen molar-refractivity contribution in [1.82, 2.24) is 29.9 Å². The molecule has 0 fully saturated rings. The molecule has 0 saturated carbocycles. The van der Waals surface area contributed by atoms with Gasteiger partial charge >= 0.3 is 12.4 Å². The third kappa shape index (κ3) is 9.90. The van der Waals surface area contributed by atoms with Crippen molar-refractivity contribution in [2.24, 2.45) is 0 Å². The molecule has 0 aromatic carbocycles. The molecule has 4 aromatic rings. The van der Waals surface area contributed by atoms with E-state index in [0.717, 1.165) is 11.8 Å². The second-order valence-electron chi connectivity index (χ2n) is 7.81. The van der Waals surface area contributed by atoms with Crippen LogP contribution in [0.25, 0.3) is 0 Å². The standard InChI is InChI=1S/C11H6Cl2F3N3O2S.C11H6Cl2F3N3OS/c12-6-2-17-3-7(13)5(6)4-22(21)10-18-8(11(14,15)16)1-9(20)19-10;12-6-2-17-3-7(13)5(6)4-21-10-18-8(11(14,15)16)1-9(20)19-10/h1-3H,4H2,(H,18,19,20);1-3H,4H2,(H,18,19,20). The predicted octanol–water partition coefficient (Wildman–Crippen LogP) is 6.58. The Morgan fingerprint density at radius 3 is 1.65 bits per heavy atom. The number of H-pyrrole nitrogens is 2. The van der Waals surface area contributed by atoms with Crippen LogP contribution < -0.4 is 11.1 Å². The van der Waals surface area contributed by atoms with Crippen LogP contribution in [0, 0.1) is 0 Å². The molecule has 43 heavy (non-hydrogen) atoms. The maximum Gasteiger partial charge on any atom is 0.433 e. The third-order valence-corrected chi connectivity index (χ3v) is 8.15. The molecule has 4 heterocycles. The molecule has 230 valence electrons. The number of aromatic nitrogens is 6. The van der Waals surface area contributed by atoms with Crippen molar-refractivity contribution >= 4 is 69.0 Å². The van der Waals surface area contributed by atoms with Crippen LogP contribution in [-0.4, -0.2) is 34.1 Å². The monoisotopic (exact) mass is 726 g/mol. The molecule has 0 amide bonds. The SMILES string of the molecule is O=c1cc(C(F)(F)F)nc(S(=O)Cc2c(Cl)cncc2Cl)[nH]1.O=c1cc(C(F)(F)F)nc(SCc2c(Cl)cncc2Cl)[nH]1. The fraction of sp³-hybridized carbons (Fsp3) is 0.182. The van der Waals surface area contributed by atoms with Crippen LogP contribution in [0.15, 0.2) is 56.8 Å². The number of pyridine rings is 2. The summed E-state index contributed by atoms with van der Waals surface area (Å²) in [4.78, 5) is 40.7. The van der Waals surface area contributed by atoms with Crippen LogP contribution in [0.5, 0.6) is 0 Å². The quantitative estimate of drug-likeness (QED) is 0.129. The zero-order valence-electron chi connectivity index (χ0n) is 20.5. The molecule has 9 nitrogen and oxygen atoms in total. The van der Waals surface area contributed by atoms with Gasteiger partial charge in [0.05, 0.1) is 36.6 Å². The molecule has 0 radical (unpaired) electrons. The number of hydrogen-bond donors (Lipinski definition) is 2. The number of thioether (sulfide) groups is 1. The Kier molecular flexibility index (Phi) is 11.6. The van der Waals surface area contributed by atoms with E-state index in [1.807, 2.05) is 4.98 Å². The van der Waals surface area contributed by atoms with E-state index in [2.05, 4.69) is 24.9 Å². The summed E-state index contributed by atoms with van der Waals surface area (Å²) in [5.41, 5.74) is -3.88. The van der Waals surface area contributed by atoms with Gasteiger partial charge in [-0.05, 0) is 0 Å². The zero-order chi connectivity index (χ0) is 32.1. The summed E-state index contributed by atoms with van der Waals surface area (Å²) in [6.07, 6.45) is -4.27. The van der Waals surface area contributed by atoms with Gasteiger partial charge in [0.1, 0.15) is 0 Å². The topological polar surface area (TPSA) is 134 Å². The number of halogens is 10. The van der Waals surface area contributed by atoms with E-state index in [4.69, 9.17) is 46.4 Å². The van der Waals surface area contributed by atoms with Crippen LogP contribution >= 0.6 is 58.2 Å². The van der Waals surface area contributed by atoms with Gasteiger partial charge in [0.25, 0.3) is 11.1 Å². The Labute approximate surface area is 262 Å². The highest BCUT2D eigenvalue weighted by molar-refractivity contribution is 7.98. The van der Waals surface area contributed by atoms with E-state index < -0.39 is 50.8 Å². The number of rotatable bonds is 6. The first-order valence-electron chi connectivity index (χ1n) is 10.9. The van der Waals surface area contributed by atoms with Gasteiger partial charge in [-0.25, -0.2) is 9.97 Å². The summed E-state index contributed by atoms with van der Waals surface area (Å²) in [6.45, 7) is 0. The van der Waals surface area contributed by atoms with Gasteiger partial charge in [-0.2, -0.15) is 26.3 Å². The summed E-state index contributed by atoms with van der Waals surface area (Å²) in [5, 5.41) is 0.00142. The van der Waals surface area contributed by atoms with Gasteiger partial charge in [0.15, 0.2) is 21.7 Å². The first kappa shape index (κ1) is 34.8. The Hall–Kier alpha value is -2.70. The lowest BCUT2D eigenvalue weighted by atomic mass is 10.3. The van der Waals surface area contributed by atoms with Crippen molar-refractivity contribution in [2.45, 2.75) is 34.2 Å². The summed E-state index contributed by atoms with van der Waals surface area (Å²) in [6, 6.07) is 0.684. The Bertz CT molecular complexity index is 1730. The van der Waals surface area contributed by atoms with Crippen LogP contribution in [0.1, 0.15) is 22.5 Å². The van der Waals surface area contributed by atoms with Crippen molar-refractivity contribution in [2.75, 3.05) is 0 Å². The van der Waals surface area contributed by atoms with Crippen molar-refractivity contribution < 1.29 is 30.6 Å². The molecule has 0 aliphatic rings. The Morgan fingerprint density at radius 1 is 0.721 bits per heavy atom. The minimum atomic E-state index is -4.82. The van der Waals surface area contributed by atoms with Crippen LogP contribution in [0.4, 0.5) is 26.3 Å². The van der Waals surface area contributed by atoms with Gasteiger partial charge in [0, 0.05) is 53.8 Å².